The van der Waals surface area contributed by atoms with Crippen LogP contribution in [0.3, 0.4) is 0 Å². The molecule has 2 atom stereocenters. The molecule has 1 fully saturated rings. The highest BCUT2D eigenvalue weighted by molar-refractivity contribution is 5.74. The van der Waals surface area contributed by atoms with Crippen LogP contribution in [0.4, 0.5) is 4.79 Å². The molecule has 3 N–H and O–H groups in total. The summed E-state index contributed by atoms with van der Waals surface area (Å²) in [6, 6.07) is 7.73. The molecule has 1 aromatic rings. The zero-order valence-corrected chi connectivity index (χ0v) is 13.4. The van der Waals surface area contributed by atoms with Gasteiger partial charge in [0.25, 0.3) is 0 Å². The van der Waals surface area contributed by atoms with Crippen LogP contribution in [0.15, 0.2) is 24.3 Å². The zero-order chi connectivity index (χ0) is 16.0. The number of urea groups is 1. The number of aliphatic hydroxyl groups is 1. The standard InChI is InChI=1S/C17H26N2O3/c1-17(12-20)9-4-7-15(17)19-16(21)18-10-8-13-5-3-6-14(11-13)22-2/h3,5-6,11,15,20H,4,7-10,12H2,1-2H3,(H2,18,19,21). The molecule has 5 nitrogen and oxygen atoms in total. The summed E-state index contributed by atoms with van der Waals surface area (Å²) in [5, 5.41) is 15.4. The van der Waals surface area contributed by atoms with Crippen molar-refractivity contribution in [3.8, 4) is 5.75 Å². The number of carbonyl (C=O) groups excluding carboxylic acids is 1. The number of hydrogen-bond acceptors (Lipinski definition) is 3. The van der Waals surface area contributed by atoms with Gasteiger partial charge in [-0.2, -0.15) is 0 Å². The van der Waals surface area contributed by atoms with E-state index in [1.165, 1.54) is 0 Å². The molecular formula is C17H26N2O3. The van der Waals surface area contributed by atoms with Gasteiger partial charge in [-0.15, -0.1) is 0 Å². The first-order valence-electron chi connectivity index (χ1n) is 7.85. The van der Waals surface area contributed by atoms with E-state index < -0.39 is 0 Å². The van der Waals surface area contributed by atoms with Crippen LogP contribution in [-0.4, -0.2) is 37.4 Å². The maximum absolute atomic E-state index is 12.0. The van der Waals surface area contributed by atoms with Gasteiger partial charge in [0, 0.05) is 18.0 Å². The summed E-state index contributed by atoms with van der Waals surface area (Å²) in [7, 11) is 1.64. The minimum atomic E-state index is -0.190. The van der Waals surface area contributed by atoms with E-state index in [-0.39, 0.29) is 24.1 Å². The van der Waals surface area contributed by atoms with Crippen molar-refractivity contribution in [2.24, 2.45) is 5.41 Å². The Morgan fingerprint density at radius 3 is 3.05 bits per heavy atom. The first-order valence-corrected chi connectivity index (χ1v) is 7.85. The van der Waals surface area contributed by atoms with Crippen molar-refractivity contribution in [1.29, 1.82) is 0 Å². The molecule has 0 aliphatic heterocycles. The van der Waals surface area contributed by atoms with E-state index in [1.54, 1.807) is 7.11 Å². The van der Waals surface area contributed by atoms with E-state index in [0.29, 0.717) is 6.54 Å². The van der Waals surface area contributed by atoms with E-state index in [9.17, 15) is 9.90 Å². The number of aliphatic hydroxyl groups excluding tert-OH is 1. The smallest absolute Gasteiger partial charge is 0.315 e. The van der Waals surface area contributed by atoms with Gasteiger partial charge in [-0.05, 0) is 37.0 Å². The Morgan fingerprint density at radius 2 is 2.32 bits per heavy atom. The predicted molar refractivity (Wildman–Crippen MR) is 86.1 cm³/mol. The maximum atomic E-state index is 12.0. The molecule has 0 bridgehead atoms. The summed E-state index contributed by atoms with van der Waals surface area (Å²) >= 11 is 0. The van der Waals surface area contributed by atoms with Crippen molar-refractivity contribution >= 4 is 6.03 Å². The second-order valence-electron chi connectivity index (χ2n) is 6.26. The molecule has 2 unspecified atom stereocenters. The van der Waals surface area contributed by atoms with Gasteiger partial charge in [-0.3, -0.25) is 0 Å². The number of nitrogens with one attached hydrogen (secondary N) is 2. The number of benzene rings is 1. The van der Waals surface area contributed by atoms with Crippen LogP contribution in [0.2, 0.25) is 0 Å². The van der Waals surface area contributed by atoms with Crippen LogP contribution in [0, 0.1) is 5.41 Å². The lowest BCUT2D eigenvalue weighted by atomic mass is 9.86. The van der Waals surface area contributed by atoms with Crippen molar-refractivity contribution in [3.63, 3.8) is 0 Å². The summed E-state index contributed by atoms with van der Waals surface area (Å²) < 4.78 is 5.18. The van der Waals surface area contributed by atoms with Crippen molar-refractivity contribution in [3.05, 3.63) is 29.8 Å². The highest BCUT2D eigenvalue weighted by atomic mass is 16.5. The lowest BCUT2D eigenvalue weighted by molar-refractivity contribution is 0.121. The summed E-state index contributed by atoms with van der Waals surface area (Å²) in [5.41, 5.74) is 0.935. The monoisotopic (exact) mass is 306 g/mol. The Hall–Kier alpha value is -1.75. The molecule has 1 aliphatic rings. The van der Waals surface area contributed by atoms with Crippen LogP contribution < -0.4 is 15.4 Å². The van der Waals surface area contributed by atoms with Gasteiger partial charge in [0.05, 0.1) is 13.7 Å². The fourth-order valence-electron chi connectivity index (χ4n) is 3.03. The predicted octanol–water partition coefficient (Wildman–Crippen LogP) is 2.09. The third-order valence-electron chi connectivity index (χ3n) is 4.58. The molecule has 0 saturated heterocycles. The lowest BCUT2D eigenvalue weighted by Gasteiger charge is -2.30. The minimum absolute atomic E-state index is 0.0503. The molecular weight excluding hydrogens is 280 g/mol. The van der Waals surface area contributed by atoms with Gasteiger partial charge >= 0.3 is 6.03 Å². The van der Waals surface area contributed by atoms with E-state index in [4.69, 9.17) is 4.74 Å². The van der Waals surface area contributed by atoms with Crippen LogP contribution in [-0.2, 0) is 6.42 Å². The summed E-state index contributed by atoms with van der Waals surface area (Å²) in [4.78, 5) is 12.0. The molecule has 1 saturated carbocycles. The van der Waals surface area contributed by atoms with Crippen molar-refractivity contribution < 1.29 is 14.6 Å². The van der Waals surface area contributed by atoms with Crippen LogP contribution >= 0.6 is 0 Å². The normalized spacial score (nSPS) is 24.0. The number of rotatable bonds is 6. The fourth-order valence-corrected chi connectivity index (χ4v) is 3.03. The summed E-state index contributed by atoms with van der Waals surface area (Å²) in [6.07, 6.45) is 3.69. The molecule has 1 aromatic carbocycles. The first-order chi connectivity index (χ1) is 10.6. The molecule has 0 aromatic heterocycles. The SMILES string of the molecule is COc1cccc(CCNC(=O)NC2CCCC2(C)CO)c1. The topological polar surface area (TPSA) is 70.6 Å². The average molecular weight is 306 g/mol. The highest BCUT2D eigenvalue weighted by Gasteiger charge is 2.38. The Morgan fingerprint density at radius 1 is 1.50 bits per heavy atom. The van der Waals surface area contributed by atoms with Gasteiger partial charge in [-0.25, -0.2) is 4.79 Å². The summed E-state index contributed by atoms with van der Waals surface area (Å²) in [6.45, 7) is 2.71. The van der Waals surface area contributed by atoms with Gasteiger partial charge in [-0.1, -0.05) is 25.5 Å². The Balaban J connectivity index is 1.76. The molecule has 0 heterocycles. The zero-order valence-electron chi connectivity index (χ0n) is 13.4. The van der Waals surface area contributed by atoms with E-state index >= 15 is 0 Å². The average Bonchev–Trinajstić information content (AvgIpc) is 2.89. The molecule has 2 rings (SSSR count). The fraction of sp³-hybridized carbons (Fsp3) is 0.588. The molecule has 0 radical (unpaired) electrons. The number of amides is 2. The molecule has 22 heavy (non-hydrogen) atoms. The van der Waals surface area contributed by atoms with Crippen LogP contribution in [0.1, 0.15) is 31.7 Å². The molecule has 0 spiro atoms. The van der Waals surface area contributed by atoms with Crippen molar-refractivity contribution in [2.45, 2.75) is 38.6 Å². The highest BCUT2D eigenvalue weighted by Crippen LogP contribution is 2.37. The quantitative estimate of drug-likeness (QED) is 0.753. The Labute approximate surface area is 132 Å². The number of hydrogen-bond donors (Lipinski definition) is 3. The molecule has 1 aliphatic carbocycles. The van der Waals surface area contributed by atoms with E-state index in [2.05, 4.69) is 10.6 Å². The second-order valence-corrected chi connectivity index (χ2v) is 6.26. The first kappa shape index (κ1) is 16.6. The van der Waals surface area contributed by atoms with Crippen LogP contribution in [0.25, 0.3) is 0 Å². The molecule has 122 valence electrons. The Bertz CT molecular complexity index is 506. The maximum Gasteiger partial charge on any atom is 0.315 e. The lowest BCUT2D eigenvalue weighted by Crippen LogP contribution is -2.48. The largest absolute Gasteiger partial charge is 0.497 e. The molecule has 5 heteroatoms. The minimum Gasteiger partial charge on any atom is -0.497 e. The number of carbonyl (C=O) groups is 1. The van der Waals surface area contributed by atoms with Crippen molar-refractivity contribution in [2.75, 3.05) is 20.3 Å². The summed E-state index contributed by atoms with van der Waals surface area (Å²) in [5.74, 6) is 0.826. The third-order valence-corrected chi connectivity index (χ3v) is 4.58. The van der Waals surface area contributed by atoms with E-state index in [1.807, 2.05) is 31.2 Å². The van der Waals surface area contributed by atoms with Gasteiger partial charge in [0.2, 0.25) is 0 Å². The van der Waals surface area contributed by atoms with Crippen LogP contribution in [0.5, 0.6) is 5.75 Å². The molecule has 2 amide bonds. The van der Waals surface area contributed by atoms with Gasteiger partial charge in [0.15, 0.2) is 0 Å². The number of ether oxygens (including phenoxy) is 1. The third kappa shape index (κ3) is 4.13. The Kier molecular flexibility index (Phi) is 5.66. The van der Waals surface area contributed by atoms with Crippen molar-refractivity contribution in [1.82, 2.24) is 10.6 Å². The van der Waals surface area contributed by atoms with Gasteiger partial charge in [0.1, 0.15) is 5.75 Å². The van der Waals surface area contributed by atoms with Gasteiger partial charge < -0.3 is 20.5 Å². The van der Waals surface area contributed by atoms with E-state index in [0.717, 1.165) is 37.0 Å². The second kappa shape index (κ2) is 7.49. The number of methoxy groups -OCH3 is 1.